The van der Waals surface area contributed by atoms with E-state index in [1.165, 1.54) is 11.3 Å². The number of carbonyl (C=O) groups excluding carboxylic acids is 1. The molecule has 6 nitrogen and oxygen atoms in total. The lowest BCUT2D eigenvalue weighted by Crippen LogP contribution is -2.17. The quantitative estimate of drug-likeness (QED) is 0.855. The smallest absolute Gasteiger partial charge is 0.339 e. The van der Waals surface area contributed by atoms with E-state index in [0.717, 1.165) is 36.0 Å². The Hall–Kier alpha value is -1.41. The van der Waals surface area contributed by atoms with Gasteiger partial charge in [-0.1, -0.05) is 0 Å². The van der Waals surface area contributed by atoms with Gasteiger partial charge in [-0.3, -0.25) is 4.79 Å². The van der Waals surface area contributed by atoms with Gasteiger partial charge in [-0.15, -0.1) is 11.3 Å². The molecule has 2 N–H and O–H groups in total. The van der Waals surface area contributed by atoms with Gasteiger partial charge in [0.25, 0.3) is 0 Å². The fraction of sp³-hybridized carbons (Fsp3) is 0.538. The van der Waals surface area contributed by atoms with Crippen molar-refractivity contribution in [3.63, 3.8) is 0 Å². The summed E-state index contributed by atoms with van der Waals surface area (Å²) in [6, 6.07) is 0. The van der Waals surface area contributed by atoms with Crippen molar-refractivity contribution in [2.24, 2.45) is 0 Å². The van der Waals surface area contributed by atoms with Crippen molar-refractivity contribution < 1.29 is 23.1 Å². The van der Waals surface area contributed by atoms with Crippen LogP contribution in [0.4, 0.5) is 5.00 Å². The van der Waals surface area contributed by atoms with Gasteiger partial charge in [0.05, 0.1) is 11.3 Å². The van der Waals surface area contributed by atoms with Gasteiger partial charge in [-0.05, 0) is 31.2 Å². The molecule has 116 valence electrons. The van der Waals surface area contributed by atoms with Crippen LogP contribution in [-0.4, -0.2) is 37.4 Å². The van der Waals surface area contributed by atoms with E-state index >= 15 is 0 Å². The predicted octanol–water partition coefficient (Wildman–Crippen LogP) is 1.70. The first-order valence-corrected chi connectivity index (χ1v) is 9.51. The molecule has 1 aliphatic rings. The van der Waals surface area contributed by atoms with Gasteiger partial charge in [0.1, 0.15) is 14.8 Å². The number of rotatable bonds is 5. The average Bonchev–Trinajstić information content (AvgIpc) is 2.73. The van der Waals surface area contributed by atoms with Crippen LogP contribution >= 0.6 is 11.3 Å². The minimum absolute atomic E-state index is 0.166. The maximum atomic E-state index is 11.8. The van der Waals surface area contributed by atoms with E-state index in [4.69, 9.17) is 0 Å². The number of carbonyl (C=O) groups is 2. The summed E-state index contributed by atoms with van der Waals surface area (Å²) in [6.45, 7) is 0. The van der Waals surface area contributed by atoms with E-state index in [0.29, 0.717) is 11.4 Å². The molecule has 1 amide bonds. The molecule has 0 saturated heterocycles. The normalized spacial score (nSPS) is 14.5. The average molecular weight is 331 g/mol. The molecule has 0 bridgehead atoms. The molecule has 21 heavy (non-hydrogen) atoms. The van der Waals surface area contributed by atoms with Gasteiger partial charge in [0.2, 0.25) is 5.91 Å². The van der Waals surface area contributed by atoms with E-state index < -0.39 is 21.7 Å². The molecule has 0 fully saturated rings. The Morgan fingerprint density at radius 1 is 1.29 bits per heavy atom. The van der Waals surface area contributed by atoms with Crippen LogP contribution in [0.25, 0.3) is 0 Å². The van der Waals surface area contributed by atoms with Gasteiger partial charge >= 0.3 is 5.97 Å². The summed E-state index contributed by atoms with van der Waals surface area (Å²) in [5.41, 5.74) is 0.986. The lowest BCUT2D eigenvalue weighted by atomic mass is 9.95. The number of nitrogens with one attached hydrogen (secondary N) is 1. The first kappa shape index (κ1) is 16.0. The summed E-state index contributed by atoms with van der Waals surface area (Å²) in [7, 11) is -3.21. The van der Waals surface area contributed by atoms with Gasteiger partial charge in [0.15, 0.2) is 0 Å². The van der Waals surface area contributed by atoms with Crippen LogP contribution in [0.3, 0.4) is 0 Å². The van der Waals surface area contributed by atoms with Crippen LogP contribution in [0.15, 0.2) is 0 Å². The highest BCUT2D eigenvalue weighted by Gasteiger charge is 2.26. The molecule has 0 radical (unpaired) electrons. The van der Waals surface area contributed by atoms with E-state index in [9.17, 15) is 23.1 Å². The monoisotopic (exact) mass is 331 g/mol. The van der Waals surface area contributed by atoms with Gasteiger partial charge in [-0.2, -0.15) is 0 Å². The highest BCUT2D eigenvalue weighted by Crippen LogP contribution is 2.38. The number of carboxylic acid groups (broad SMARTS) is 1. The maximum absolute atomic E-state index is 11.8. The molecule has 0 saturated carbocycles. The van der Waals surface area contributed by atoms with Crippen LogP contribution in [0.1, 0.15) is 40.1 Å². The Morgan fingerprint density at radius 2 is 1.95 bits per heavy atom. The fourth-order valence-electron chi connectivity index (χ4n) is 2.35. The van der Waals surface area contributed by atoms with E-state index in [2.05, 4.69) is 5.32 Å². The summed E-state index contributed by atoms with van der Waals surface area (Å²) in [4.78, 5) is 24.2. The van der Waals surface area contributed by atoms with Crippen LogP contribution in [0.5, 0.6) is 0 Å². The number of hydrogen-bond donors (Lipinski definition) is 2. The second kappa shape index (κ2) is 6.15. The number of sulfone groups is 1. The highest BCUT2D eigenvalue weighted by atomic mass is 32.2. The maximum Gasteiger partial charge on any atom is 0.339 e. The molecule has 2 rings (SSSR count). The lowest BCUT2D eigenvalue weighted by molar-refractivity contribution is -0.115. The third-order valence-electron chi connectivity index (χ3n) is 3.34. The van der Waals surface area contributed by atoms with Gasteiger partial charge in [0, 0.05) is 17.6 Å². The number of anilines is 1. The SMILES string of the molecule is CS(=O)(=O)CCC(=O)Nc1sc2c(c1C(=O)O)CCCC2. The van der Waals surface area contributed by atoms with Crippen molar-refractivity contribution in [3.8, 4) is 0 Å². The van der Waals surface area contributed by atoms with Crippen LogP contribution < -0.4 is 5.32 Å². The molecule has 1 aromatic heterocycles. The third-order valence-corrected chi connectivity index (χ3v) is 5.49. The molecule has 0 atom stereocenters. The molecular formula is C13H17NO5S2. The topological polar surface area (TPSA) is 101 Å². The number of aromatic carboxylic acids is 1. The Morgan fingerprint density at radius 3 is 2.57 bits per heavy atom. The Balaban J connectivity index is 2.18. The summed E-state index contributed by atoms with van der Waals surface area (Å²) in [5.74, 6) is -1.76. The highest BCUT2D eigenvalue weighted by molar-refractivity contribution is 7.90. The largest absolute Gasteiger partial charge is 0.478 e. The summed E-state index contributed by atoms with van der Waals surface area (Å²) in [5, 5.41) is 12.2. The second-order valence-corrected chi connectivity index (χ2v) is 8.51. The number of fused-ring (bicyclic) bond motifs is 1. The van der Waals surface area contributed by atoms with Crippen molar-refractivity contribution in [2.75, 3.05) is 17.3 Å². The summed E-state index contributed by atoms with van der Waals surface area (Å²) < 4.78 is 22.1. The Kier molecular flexibility index (Phi) is 4.67. The lowest BCUT2D eigenvalue weighted by Gasteiger charge is -2.10. The zero-order valence-electron chi connectivity index (χ0n) is 11.6. The molecule has 0 aliphatic heterocycles. The van der Waals surface area contributed by atoms with E-state index in [1.54, 1.807) is 0 Å². The zero-order chi connectivity index (χ0) is 15.6. The number of thiophene rings is 1. The zero-order valence-corrected chi connectivity index (χ0v) is 13.3. The van der Waals surface area contributed by atoms with Crippen molar-refractivity contribution in [1.29, 1.82) is 0 Å². The number of amides is 1. The Labute approximate surface area is 127 Å². The van der Waals surface area contributed by atoms with Gasteiger partial charge < -0.3 is 10.4 Å². The third kappa shape index (κ3) is 4.04. The molecular weight excluding hydrogens is 314 g/mol. The molecule has 0 unspecified atom stereocenters. The number of carboxylic acids is 1. The fourth-order valence-corrected chi connectivity index (χ4v) is 4.20. The Bertz CT molecular complexity index is 675. The molecule has 1 aromatic rings. The molecule has 0 aromatic carbocycles. The van der Waals surface area contributed by atoms with Crippen molar-refractivity contribution in [1.82, 2.24) is 0 Å². The van der Waals surface area contributed by atoms with Crippen LogP contribution in [0, 0.1) is 0 Å². The molecule has 1 heterocycles. The molecule has 0 spiro atoms. The van der Waals surface area contributed by atoms with E-state index in [1.807, 2.05) is 0 Å². The van der Waals surface area contributed by atoms with Crippen molar-refractivity contribution >= 4 is 38.1 Å². The second-order valence-electron chi connectivity index (χ2n) is 5.15. The van der Waals surface area contributed by atoms with E-state index in [-0.39, 0.29) is 17.7 Å². The molecule has 1 aliphatic carbocycles. The molecule has 8 heteroatoms. The first-order valence-electron chi connectivity index (χ1n) is 6.63. The van der Waals surface area contributed by atoms with Crippen LogP contribution in [-0.2, 0) is 27.5 Å². The van der Waals surface area contributed by atoms with Crippen LogP contribution in [0.2, 0.25) is 0 Å². The minimum Gasteiger partial charge on any atom is -0.478 e. The standard InChI is InChI=1S/C13H17NO5S2/c1-21(18,19)7-6-10(15)14-12-11(13(16)17)8-4-2-3-5-9(8)20-12/h2-7H2,1H3,(H,14,15)(H,16,17). The minimum atomic E-state index is -3.21. The first-order chi connectivity index (χ1) is 9.78. The van der Waals surface area contributed by atoms with Crippen molar-refractivity contribution in [3.05, 3.63) is 16.0 Å². The van der Waals surface area contributed by atoms with Crippen molar-refractivity contribution in [2.45, 2.75) is 32.1 Å². The summed E-state index contributed by atoms with van der Waals surface area (Å²) in [6.07, 6.45) is 4.42. The number of aryl methyl sites for hydroxylation is 1. The number of hydrogen-bond acceptors (Lipinski definition) is 5. The predicted molar refractivity (Wildman–Crippen MR) is 80.9 cm³/mol. The summed E-state index contributed by atoms with van der Waals surface area (Å²) >= 11 is 1.29. The van der Waals surface area contributed by atoms with Gasteiger partial charge in [-0.25, -0.2) is 13.2 Å².